The monoisotopic (exact) mass is 664 g/mol. The molecule has 3 atom stereocenters. The molecular weight excluding hydrogens is 613 g/mol. The van der Waals surface area contributed by atoms with Gasteiger partial charge in [-0.25, -0.2) is 9.67 Å². The number of benzene rings is 3. The fourth-order valence-electron chi connectivity index (χ4n) is 8.54. The molecule has 0 saturated heterocycles. The number of nitrogens with zero attached hydrogens (tertiary/aromatic N) is 4. The number of para-hydroxylation sites is 1. The Morgan fingerprint density at radius 2 is 1.62 bits per heavy atom. The van der Waals surface area contributed by atoms with Crippen LogP contribution in [0.2, 0.25) is 0 Å². The van der Waals surface area contributed by atoms with Gasteiger partial charge in [-0.05, 0) is 104 Å². The Morgan fingerprint density at radius 3 is 2.36 bits per heavy atom. The second-order valence-electron chi connectivity index (χ2n) is 15.4. The van der Waals surface area contributed by atoms with Gasteiger partial charge in [-0.3, -0.25) is 4.57 Å². The molecule has 0 spiro atoms. The van der Waals surface area contributed by atoms with E-state index in [2.05, 4.69) is 150 Å². The topological polar surface area (TPSA) is 44.9 Å². The number of fused-ring (bicyclic) bond motifs is 3. The third kappa shape index (κ3) is 6.16. The quantitative estimate of drug-likeness (QED) is 0.145. The number of ether oxygens (including phenoxy) is 1. The van der Waals surface area contributed by atoms with Gasteiger partial charge in [0.25, 0.3) is 0 Å². The molecule has 258 valence electrons. The smallest absolute Gasteiger partial charge is 0.137 e. The van der Waals surface area contributed by atoms with Gasteiger partial charge in [-0.1, -0.05) is 84.7 Å². The molecular formula is C45H52N4O. The van der Waals surface area contributed by atoms with E-state index in [9.17, 15) is 0 Å². The fourth-order valence-corrected chi connectivity index (χ4v) is 8.54. The van der Waals surface area contributed by atoms with Crippen molar-refractivity contribution < 1.29 is 4.74 Å². The Labute approximate surface area is 298 Å². The predicted octanol–water partition coefficient (Wildman–Crippen LogP) is 12.4. The third-order valence-electron chi connectivity index (χ3n) is 10.6. The van der Waals surface area contributed by atoms with Crippen LogP contribution in [0.1, 0.15) is 114 Å². The van der Waals surface area contributed by atoms with Crippen molar-refractivity contribution in [2.24, 2.45) is 11.8 Å². The van der Waals surface area contributed by atoms with Crippen LogP contribution in [-0.2, 0) is 6.42 Å². The van der Waals surface area contributed by atoms with Gasteiger partial charge in [0.1, 0.15) is 17.3 Å². The normalized spacial score (nSPS) is 18.1. The van der Waals surface area contributed by atoms with E-state index < -0.39 is 0 Å². The second-order valence-corrected chi connectivity index (χ2v) is 15.4. The van der Waals surface area contributed by atoms with Gasteiger partial charge in [-0.15, -0.1) is 0 Å². The average Bonchev–Trinajstić information content (AvgIpc) is 3.59. The molecule has 0 saturated carbocycles. The standard InChI is InChI=1S/C45H52N4O/c1-10-13-33-18-19-46-42(22-33)48-40-15-12-11-14-38(40)39-17-16-36(26-41(39)48)50-37-24-34(27(2)3)23-35(25-37)49-45(28(4)5)44(32(9)47-49)43-30(7)20-29(6)21-31(43)8/h11-12,14-20,22-29,31,43H,10,13,21H2,1-9H3/t29-,31?,43-/m0/s1. The van der Waals surface area contributed by atoms with E-state index >= 15 is 0 Å². The van der Waals surface area contributed by atoms with Gasteiger partial charge < -0.3 is 4.74 Å². The average molecular weight is 665 g/mol. The SMILES string of the molecule is CCCc1ccnc(-n2c3ccccc3c3ccc(Oc4cc(C(C)C)cc(-n5nc(C)c([C@H]6C(C)=C[C@H](C)CC6C)c5C(C)C)c4)cc32)c1. The molecule has 0 fully saturated rings. The minimum absolute atomic E-state index is 0.311. The number of hydrogen-bond donors (Lipinski definition) is 0. The highest BCUT2D eigenvalue weighted by Gasteiger charge is 2.33. The molecule has 1 aliphatic rings. The molecule has 7 rings (SSSR count). The van der Waals surface area contributed by atoms with Gasteiger partial charge in [-0.2, -0.15) is 5.10 Å². The van der Waals surface area contributed by atoms with E-state index in [1.54, 1.807) is 0 Å². The molecule has 0 amide bonds. The van der Waals surface area contributed by atoms with Crippen molar-refractivity contribution in [3.05, 3.63) is 119 Å². The van der Waals surface area contributed by atoms with Crippen LogP contribution in [0.15, 0.2) is 90.6 Å². The molecule has 0 radical (unpaired) electrons. The molecule has 6 aromatic rings. The molecule has 1 aliphatic carbocycles. The summed E-state index contributed by atoms with van der Waals surface area (Å²) in [7, 11) is 0. The van der Waals surface area contributed by atoms with Crippen LogP contribution in [0.4, 0.5) is 0 Å². The molecule has 0 aliphatic heterocycles. The van der Waals surface area contributed by atoms with Crippen molar-refractivity contribution in [1.29, 1.82) is 0 Å². The summed E-state index contributed by atoms with van der Waals surface area (Å²) in [6.07, 6.45) is 7.74. The number of allylic oxidation sites excluding steroid dienone is 2. The van der Waals surface area contributed by atoms with Gasteiger partial charge in [0.05, 0.1) is 28.1 Å². The summed E-state index contributed by atoms with van der Waals surface area (Å²) in [5.74, 6) is 4.75. The Morgan fingerprint density at radius 1 is 0.840 bits per heavy atom. The number of aromatic nitrogens is 4. The highest BCUT2D eigenvalue weighted by molar-refractivity contribution is 6.09. The summed E-state index contributed by atoms with van der Waals surface area (Å²) < 4.78 is 11.3. The molecule has 3 heterocycles. The first-order valence-corrected chi connectivity index (χ1v) is 18.6. The van der Waals surface area contributed by atoms with Crippen LogP contribution in [0.5, 0.6) is 11.5 Å². The number of aryl methyl sites for hydroxylation is 2. The summed E-state index contributed by atoms with van der Waals surface area (Å²) in [5.41, 5.74) is 11.1. The summed E-state index contributed by atoms with van der Waals surface area (Å²) in [6.45, 7) is 20.6. The maximum Gasteiger partial charge on any atom is 0.137 e. The van der Waals surface area contributed by atoms with Crippen LogP contribution in [0, 0.1) is 18.8 Å². The largest absolute Gasteiger partial charge is 0.457 e. The minimum Gasteiger partial charge on any atom is -0.457 e. The van der Waals surface area contributed by atoms with E-state index in [0.717, 1.165) is 52.6 Å². The highest BCUT2D eigenvalue weighted by Crippen LogP contribution is 2.45. The van der Waals surface area contributed by atoms with Gasteiger partial charge in [0.15, 0.2) is 0 Å². The molecule has 1 unspecified atom stereocenters. The Balaban J connectivity index is 1.34. The molecule has 5 nitrogen and oxygen atoms in total. The van der Waals surface area contributed by atoms with Gasteiger partial charge >= 0.3 is 0 Å². The van der Waals surface area contributed by atoms with E-state index in [-0.39, 0.29) is 0 Å². The summed E-state index contributed by atoms with van der Waals surface area (Å²) in [5, 5.41) is 7.66. The molecule has 3 aromatic carbocycles. The Hall–Kier alpha value is -4.64. The lowest BCUT2D eigenvalue weighted by Gasteiger charge is -2.33. The molecule has 0 N–H and O–H groups in total. The number of hydrogen-bond acceptors (Lipinski definition) is 3. The first-order chi connectivity index (χ1) is 24.0. The molecule has 50 heavy (non-hydrogen) atoms. The lowest BCUT2D eigenvalue weighted by molar-refractivity contribution is 0.389. The van der Waals surface area contributed by atoms with Crippen molar-refractivity contribution in [2.75, 3.05) is 0 Å². The Kier molecular flexibility index (Phi) is 9.19. The fraction of sp³-hybridized carbons (Fsp3) is 0.378. The van der Waals surface area contributed by atoms with E-state index in [1.807, 2.05) is 6.20 Å². The summed E-state index contributed by atoms with van der Waals surface area (Å²) in [6, 6.07) is 26.0. The minimum atomic E-state index is 0.311. The summed E-state index contributed by atoms with van der Waals surface area (Å²) >= 11 is 0. The Bertz CT molecular complexity index is 2210. The highest BCUT2D eigenvalue weighted by atomic mass is 16.5. The maximum absolute atomic E-state index is 6.80. The van der Waals surface area contributed by atoms with E-state index in [0.29, 0.717) is 29.6 Å². The number of pyridine rings is 1. The summed E-state index contributed by atoms with van der Waals surface area (Å²) in [4.78, 5) is 4.84. The van der Waals surface area contributed by atoms with Crippen molar-refractivity contribution in [1.82, 2.24) is 19.3 Å². The zero-order valence-electron chi connectivity index (χ0n) is 31.3. The zero-order valence-corrected chi connectivity index (χ0v) is 31.3. The maximum atomic E-state index is 6.80. The predicted molar refractivity (Wildman–Crippen MR) is 209 cm³/mol. The third-order valence-corrected chi connectivity index (χ3v) is 10.6. The van der Waals surface area contributed by atoms with Crippen LogP contribution in [0.3, 0.4) is 0 Å². The first-order valence-electron chi connectivity index (χ1n) is 18.6. The van der Waals surface area contributed by atoms with Gasteiger partial charge in [0, 0.05) is 40.6 Å². The van der Waals surface area contributed by atoms with Crippen molar-refractivity contribution in [3.8, 4) is 23.0 Å². The zero-order chi connectivity index (χ0) is 35.3. The lowest BCUT2D eigenvalue weighted by Crippen LogP contribution is -2.21. The second kappa shape index (κ2) is 13.6. The van der Waals surface area contributed by atoms with Crippen molar-refractivity contribution >= 4 is 21.8 Å². The number of rotatable bonds is 9. The van der Waals surface area contributed by atoms with Crippen LogP contribution >= 0.6 is 0 Å². The van der Waals surface area contributed by atoms with Crippen molar-refractivity contribution in [2.45, 2.75) is 99.3 Å². The molecule has 5 heteroatoms. The molecule has 0 bridgehead atoms. The van der Waals surface area contributed by atoms with Gasteiger partial charge in [0.2, 0.25) is 0 Å². The van der Waals surface area contributed by atoms with Crippen LogP contribution < -0.4 is 4.74 Å². The van der Waals surface area contributed by atoms with Crippen LogP contribution in [-0.4, -0.2) is 19.3 Å². The van der Waals surface area contributed by atoms with Crippen LogP contribution in [0.25, 0.3) is 33.3 Å². The molecule has 3 aromatic heterocycles. The first kappa shape index (κ1) is 33.8. The van der Waals surface area contributed by atoms with E-state index in [1.165, 1.54) is 45.2 Å². The van der Waals surface area contributed by atoms with E-state index in [4.69, 9.17) is 14.8 Å². The van der Waals surface area contributed by atoms with Crippen molar-refractivity contribution in [3.63, 3.8) is 0 Å². The lowest BCUT2D eigenvalue weighted by atomic mass is 9.71.